The molecule has 3 rings (SSSR count). The largest absolute Gasteiger partial charge is 0.507 e. The van der Waals surface area contributed by atoms with Gasteiger partial charge >= 0.3 is 0 Å². The first-order valence-electron chi connectivity index (χ1n) is 11.2. The van der Waals surface area contributed by atoms with E-state index in [0.717, 1.165) is 22.4 Å². The van der Waals surface area contributed by atoms with Crippen LogP contribution in [0.3, 0.4) is 0 Å². The molecule has 0 aliphatic carbocycles. The van der Waals surface area contributed by atoms with Gasteiger partial charge in [0, 0.05) is 18.2 Å². The van der Waals surface area contributed by atoms with E-state index in [1.165, 1.54) is 4.90 Å². The van der Waals surface area contributed by atoms with Gasteiger partial charge in [-0.05, 0) is 78.0 Å². The third kappa shape index (κ3) is 4.91. The number of benzene rings is 2. The Morgan fingerprint density at radius 2 is 1.52 bits per heavy atom. The molecule has 2 aromatic rings. The Labute approximate surface area is 202 Å². The number of ether oxygens (including phenoxy) is 1. The van der Waals surface area contributed by atoms with Gasteiger partial charge in [-0.1, -0.05) is 41.5 Å². The van der Waals surface area contributed by atoms with Gasteiger partial charge < -0.3 is 14.7 Å². The van der Waals surface area contributed by atoms with Gasteiger partial charge in [-0.25, -0.2) is 0 Å². The molecule has 176 valence electrons. The number of anilines is 1. The van der Waals surface area contributed by atoms with Crippen molar-refractivity contribution in [3.05, 3.63) is 58.8 Å². The van der Waals surface area contributed by atoms with Crippen LogP contribution in [0.5, 0.6) is 11.5 Å². The Kier molecular flexibility index (Phi) is 6.62. The number of likely N-dealkylation sites (N-methyl/N-ethyl adjacent to an activating group) is 1. The van der Waals surface area contributed by atoms with Crippen LogP contribution in [-0.2, 0) is 15.6 Å². The second-order valence-electron chi connectivity index (χ2n) is 10.4. The number of hydrogen-bond acceptors (Lipinski definition) is 4. The van der Waals surface area contributed by atoms with Crippen molar-refractivity contribution in [1.29, 1.82) is 0 Å². The quantitative estimate of drug-likeness (QED) is 0.443. The number of carbonyl (C=O) groups is 1. The number of aromatic hydroxyl groups is 1. The second-order valence-corrected chi connectivity index (χ2v) is 10.8. The van der Waals surface area contributed by atoms with E-state index in [0.29, 0.717) is 28.9 Å². The average molecular weight is 467 g/mol. The SMILES string of the molecule is CCOc1ccc(N2C(=O)/C(=C/c3cc(C(C)(C)C)c(O)c(C(C)(C)C)c3)N(C)C2=S)cc1. The van der Waals surface area contributed by atoms with E-state index in [9.17, 15) is 9.90 Å². The standard InChI is InChI=1S/C27H34N2O3S/c1-9-32-19-12-10-18(11-13-19)29-24(31)22(28(8)25(29)33)16-17-14-20(26(2,3)4)23(30)21(15-17)27(5,6)7/h10-16,30H,9H2,1-8H3/b22-16-. The minimum Gasteiger partial charge on any atom is -0.507 e. The number of amides is 1. The number of hydrogen-bond donors (Lipinski definition) is 1. The number of nitrogens with zero attached hydrogens (tertiary/aromatic N) is 2. The second kappa shape index (κ2) is 8.82. The normalized spacial score (nSPS) is 16.2. The maximum atomic E-state index is 13.4. The molecule has 5 nitrogen and oxygen atoms in total. The van der Waals surface area contributed by atoms with Crippen LogP contribution in [0.4, 0.5) is 5.69 Å². The molecule has 1 N–H and O–H groups in total. The number of phenolic OH excluding ortho intramolecular Hbond substituents is 1. The fourth-order valence-corrected chi connectivity index (χ4v) is 4.17. The molecule has 1 heterocycles. The molecule has 0 unspecified atom stereocenters. The van der Waals surface area contributed by atoms with Crippen molar-refractivity contribution < 1.29 is 14.6 Å². The summed E-state index contributed by atoms with van der Waals surface area (Å²) < 4.78 is 5.51. The maximum Gasteiger partial charge on any atom is 0.281 e. The Morgan fingerprint density at radius 3 is 1.97 bits per heavy atom. The van der Waals surface area contributed by atoms with Gasteiger partial charge in [0.1, 0.15) is 17.2 Å². The summed E-state index contributed by atoms with van der Waals surface area (Å²) in [4.78, 5) is 16.7. The van der Waals surface area contributed by atoms with Crippen molar-refractivity contribution in [2.45, 2.75) is 59.3 Å². The van der Waals surface area contributed by atoms with Crippen LogP contribution >= 0.6 is 12.2 Å². The third-order valence-electron chi connectivity index (χ3n) is 5.72. The molecule has 0 saturated carbocycles. The van der Waals surface area contributed by atoms with Crippen molar-refractivity contribution in [3.8, 4) is 11.5 Å². The van der Waals surface area contributed by atoms with E-state index in [1.54, 1.807) is 11.9 Å². The highest BCUT2D eigenvalue weighted by Crippen LogP contribution is 2.40. The summed E-state index contributed by atoms with van der Waals surface area (Å²) >= 11 is 5.61. The molecule has 0 spiro atoms. The minimum atomic E-state index is -0.256. The molecule has 1 aliphatic heterocycles. The summed E-state index contributed by atoms with van der Waals surface area (Å²) in [5.41, 5.74) is 3.22. The molecule has 33 heavy (non-hydrogen) atoms. The van der Waals surface area contributed by atoms with E-state index < -0.39 is 0 Å². The highest BCUT2D eigenvalue weighted by atomic mass is 32.1. The van der Waals surface area contributed by atoms with Crippen LogP contribution in [0.1, 0.15) is 65.2 Å². The summed E-state index contributed by atoms with van der Waals surface area (Å²) in [6.07, 6.45) is 1.85. The topological polar surface area (TPSA) is 53.0 Å². The Bertz CT molecular complexity index is 1070. The summed E-state index contributed by atoms with van der Waals surface area (Å²) in [5, 5.41) is 11.4. The van der Waals surface area contributed by atoms with Crippen LogP contribution in [-0.4, -0.2) is 34.7 Å². The van der Waals surface area contributed by atoms with Gasteiger partial charge in [0.2, 0.25) is 0 Å². The molecule has 6 heteroatoms. The lowest BCUT2D eigenvalue weighted by Crippen LogP contribution is -2.31. The molecular weight excluding hydrogens is 432 g/mol. The summed E-state index contributed by atoms with van der Waals surface area (Å²) in [6.45, 7) is 14.9. The van der Waals surface area contributed by atoms with Crippen LogP contribution < -0.4 is 9.64 Å². The fourth-order valence-electron chi connectivity index (χ4n) is 3.88. The van der Waals surface area contributed by atoms with Crippen LogP contribution in [0.2, 0.25) is 0 Å². The lowest BCUT2D eigenvalue weighted by molar-refractivity contribution is -0.114. The Morgan fingerprint density at radius 1 is 1.00 bits per heavy atom. The van der Waals surface area contributed by atoms with Crippen LogP contribution in [0.25, 0.3) is 6.08 Å². The predicted molar refractivity (Wildman–Crippen MR) is 139 cm³/mol. The predicted octanol–water partition coefficient (Wildman–Crippen LogP) is 5.99. The molecule has 1 fully saturated rings. The number of phenols is 1. The first kappa shape index (κ1) is 24.8. The number of thiocarbonyl (C=S) groups is 1. The molecule has 0 aromatic heterocycles. The van der Waals surface area contributed by atoms with Gasteiger partial charge in [-0.3, -0.25) is 9.69 Å². The van der Waals surface area contributed by atoms with E-state index in [2.05, 4.69) is 41.5 Å². The molecule has 0 radical (unpaired) electrons. The summed E-state index contributed by atoms with van der Waals surface area (Å²) in [5.74, 6) is 0.876. The lowest BCUT2D eigenvalue weighted by Gasteiger charge is -2.28. The van der Waals surface area contributed by atoms with E-state index >= 15 is 0 Å². The van der Waals surface area contributed by atoms with Gasteiger partial charge in [0.15, 0.2) is 5.11 Å². The van der Waals surface area contributed by atoms with Gasteiger partial charge in [-0.2, -0.15) is 0 Å². The van der Waals surface area contributed by atoms with Crippen molar-refractivity contribution >= 4 is 35.0 Å². The summed E-state index contributed by atoms with van der Waals surface area (Å²) in [7, 11) is 1.80. The number of rotatable bonds is 4. The summed E-state index contributed by atoms with van der Waals surface area (Å²) in [6, 6.07) is 11.3. The molecule has 1 amide bonds. The van der Waals surface area contributed by atoms with E-state index in [-0.39, 0.29) is 16.7 Å². The van der Waals surface area contributed by atoms with Gasteiger partial charge in [-0.15, -0.1) is 0 Å². The molecule has 0 atom stereocenters. The minimum absolute atomic E-state index is 0.186. The van der Waals surface area contributed by atoms with Crippen molar-refractivity contribution in [3.63, 3.8) is 0 Å². The van der Waals surface area contributed by atoms with Gasteiger partial charge in [0.25, 0.3) is 5.91 Å². The Hall–Kier alpha value is -2.86. The molecular formula is C27H34N2O3S. The molecule has 0 bridgehead atoms. The third-order valence-corrected chi connectivity index (χ3v) is 6.18. The van der Waals surface area contributed by atoms with Crippen molar-refractivity contribution in [2.75, 3.05) is 18.6 Å². The zero-order chi connectivity index (χ0) is 24.7. The smallest absolute Gasteiger partial charge is 0.281 e. The van der Waals surface area contributed by atoms with E-state index in [4.69, 9.17) is 17.0 Å². The first-order chi connectivity index (χ1) is 15.3. The first-order valence-corrected chi connectivity index (χ1v) is 11.6. The zero-order valence-electron chi connectivity index (χ0n) is 20.8. The fraction of sp³-hybridized carbons (Fsp3) is 0.407. The van der Waals surface area contributed by atoms with E-state index in [1.807, 2.05) is 49.4 Å². The average Bonchev–Trinajstić information content (AvgIpc) is 2.91. The number of carbonyl (C=O) groups excluding carboxylic acids is 1. The maximum absolute atomic E-state index is 13.4. The highest BCUT2D eigenvalue weighted by Gasteiger charge is 2.37. The molecule has 1 saturated heterocycles. The monoisotopic (exact) mass is 466 g/mol. The lowest BCUT2D eigenvalue weighted by atomic mass is 9.78. The highest BCUT2D eigenvalue weighted by molar-refractivity contribution is 7.80. The van der Waals surface area contributed by atoms with Crippen molar-refractivity contribution in [1.82, 2.24) is 4.90 Å². The van der Waals surface area contributed by atoms with Crippen LogP contribution in [0, 0.1) is 0 Å². The Balaban J connectivity index is 2.07. The van der Waals surface area contributed by atoms with Gasteiger partial charge in [0.05, 0.1) is 12.3 Å². The van der Waals surface area contributed by atoms with Crippen LogP contribution in [0.15, 0.2) is 42.1 Å². The molecule has 1 aliphatic rings. The molecule has 2 aromatic carbocycles. The van der Waals surface area contributed by atoms with Crippen molar-refractivity contribution in [2.24, 2.45) is 0 Å². The zero-order valence-corrected chi connectivity index (χ0v) is 21.6.